The summed E-state index contributed by atoms with van der Waals surface area (Å²) in [5.41, 5.74) is 13.0. The lowest BCUT2D eigenvalue weighted by molar-refractivity contribution is 0.794. The molecular weight excluding hydrogens is 567 g/mol. The minimum Gasteiger partial charge on any atom is -0.309 e. The number of aromatic nitrogens is 1. The van der Waals surface area contributed by atoms with E-state index in [1.165, 1.54) is 88.0 Å². The number of benzene rings is 8. The van der Waals surface area contributed by atoms with E-state index in [1.807, 2.05) is 0 Å². The molecule has 47 heavy (non-hydrogen) atoms. The third kappa shape index (κ3) is 4.03. The van der Waals surface area contributed by atoms with Crippen LogP contribution < -0.4 is 0 Å². The maximum absolute atomic E-state index is 2.47. The van der Waals surface area contributed by atoms with Gasteiger partial charge in [-0.25, -0.2) is 0 Å². The van der Waals surface area contributed by atoms with Crippen LogP contribution in [0.1, 0.15) is 22.6 Å². The summed E-state index contributed by atoms with van der Waals surface area (Å²) < 4.78 is 2.47. The van der Waals surface area contributed by atoms with Crippen molar-refractivity contribution in [3.05, 3.63) is 187 Å². The minimum atomic E-state index is 0.322. The second-order valence-corrected chi connectivity index (χ2v) is 12.9. The number of hydrogen-bond acceptors (Lipinski definition) is 0. The monoisotopic (exact) mass is 597 g/mol. The highest BCUT2D eigenvalue weighted by molar-refractivity contribution is 6.28. The van der Waals surface area contributed by atoms with Gasteiger partial charge < -0.3 is 4.57 Å². The van der Waals surface area contributed by atoms with E-state index in [2.05, 4.69) is 174 Å². The Hall–Kier alpha value is -5.92. The van der Waals surface area contributed by atoms with Crippen molar-refractivity contribution < 1.29 is 0 Å². The van der Waals surface area contributed by atoms with Crippen molar-refractivity contribution in [2.45, 2.75) is 12.3 Å². The molecule has 0 aliphatic heterocycles. The summed E-state index contributed by atoms with van der Waals surface area (Å²) >= 11 is 0. The van der Waals surface area contributed by atoms with Gasteiger partial charge in [-0.2, -0.15) is 0 Å². The lowest BCUT2D eigenvalue weighted by atomic mass is 9.75. The van der Waals surface area contributed by atoms with Crippen LogP contribution in [0.25, 0.3) is 71.3 Å². The predicted molar refractivity (Wildman–Crippen MR) is 199 cm³/mol. The summed E-state index contributed by atoms with van der Waals surface area (Å²) in [4.78, 5) is 0. The quantitative estimate of drug-likeness (QED) is 0.191. The molecule has 220 valence electrons. The van der Waals surface area contributed by atoms with Gasteiger partial charge in [-0.3, -0.25) is 0 Å². The zero-order valence-corrected chi connectivity index (χ0v) is 25.9. The van der Waals surface area contributed by atoms with E-state index >= 15 is 0 Å². The first-order chi connectivity index (χ1) is 23.3. The molecule has 0 N–H and O–H groups in total. The van der Waals surface area contributed by atoms with Crippen molar-refractivity contribution in [2.24, 2.45) is 0 Å². The van der Waals surface area contributed by atoms with Gasteiger partial charge in [0, 0.05) is 22.4 Å². The Morgan fingerprint density at radius 2 is 1.09 bits per heavy atom. The molecule has 0 radical (unpaired) electrons. The Morgan fingerprint density at radius 1 is 0.447 bits per heavy atom. The first-order valence-electron chi connectivity index (χ1n) is 16.5. The molecule has 0 spiro atoms. The third-order valence-electron chi connectivity index (χ3n) is 10.3. The molecule has 8 aromatic carbocycles. The fourth-order valence-electron chi connectivity index (χ4n) is 8.20. The predicted octanol–water partition coefficient (Wildman–Crippen LogP) is 12.1. The molecule has 0 saturated heterocycles. The Labute approximate surface area is 274 Å². The highest BCUT2D eigenvalue weighted by Gasteiger charge is 2.26. The molecule has 10 rings (SSSR count). The average molecular weight is 598 g/mol. The van der Waals surface area contributed by atoms with Gasteiger partial charge >= 0.3 is 0 Å². The summed E-state index contributed by atoms with van der Waals surface area (Å²) in [6.07, 6.45) is 1.01. The average Bonchev–Trinajstić information content (AvgIpc) is 3.50. The van der Waals surface area contributed by atoms with Gasteiger partial charge in [-0.15, -0.1) is 0 Å². The molecule has 1 heterocycles. The van der Waals surface area contributed by atoms with Crippen molar-refractivity contribution in [2.75, 3.05) is 0 Å². The molecular formula is C46H31N. The zero-order chi connectivity index (χ0) is 30.9. The van der Waals surface area contributed by atoms with Crippen LogP contribution in [0.4, 0.5) is 0 Å². The maximum atomic E-state index is 2.47. The van der Waals surface area contributed by atoms with Crippen LogP contribution in [0.5, 0.6) is 0 Å². The highest BCUT2D eigenvalue weighted by Crippen LogP contribution is 2.45. The van der Waals surface area contributed by atoms with Gasteiger partial charge in [0.05, 0.1) is 11.0 Å². The Kier molecular flexibility index (Phi) is 5.77. The lowest BCUT2D eigenvalue weighted by Crippen LogP contribution is -2.12. The summed E-state index contributed by atoms with van der Waals surface area (Å²) in [7, 11) is 0. The molecule has 0 amide bonds. The molecule has 0 fully saturated rings. The molecule has 1 nitrogen and oxygen atoms in total. The molecule has 1 aliphatic rings. The molecule has 1 aromatic heterocycles. The SMILES string of the molecule is c1ccc(C2Cc3ccccc3-c3ccc(-c4cccc(-n5c6ccc7ccccc7c6c6c7ccccc7ccc65)c4)cc32)cc1. The van der Waals surface area contributed by atoms with Crippen molar-refractivity contribution in [3.63, 3.8) is 0 Å². The third-order valence-corrected chi connectivity index (χ3v) is 10.3. The summed E-state index contributed by atoms with van der Waals surface area (Å²) in [6, 6.07) is 62.9. The standard InChI is InChI=1S/C46H31N/c1-2-11-30(12-3-1)41-29-35-15-6-7-18-37(35)40-24-21-34(28-42(40)41)33-16-10-17-36(27-33)47-43-25-22-31-13-4-8-19-38(31)45(43)46-39-20-9-5-14-32(39)23-26-44(46)47/h1-28,41H,29H2. The van der Waals surface area contributed by atoms with E-state index in [4.69, 9.17) is 0 Å². The van der Waals surface area contributed by atoms with Gasteiger partial charge in [0.1, 0.15) is 0 Å². The van der Waals surface area contributed by atoms with Crippen LogP contribution in [-0.2, 0) is 6.42 Å². The summed E-state index contributed by atoms with van der Waals surface area (Å²) in [5, 5.41) is 7.76. The Morgan fingerprint density at radius 3 is 1.83 bits per heavy atom. The fourth-order valence-corrected chi connectivity index (χ4v) is 8.20. The van der Waals surface area contributed by atoms with E-state index < -0.39 is 0 Å². The van der Waals surface area contributed by atoms with Crippen molar-refractivity contribution in [1.29, 1.82) is 0 Å². The number of rotatable bonds is 3. The topological polar surface area (TPSA) is 4.93 Å². The van der Waals surface area contributed by atoms with Gasteiger partial charge in [-0.1, -0.05) is 140 Å². The van der Waals surface area contributed by atoms with Gasteiger partial charge in [0.25, 0.3) is 0 Å². The van der Waals surface area contributed by atoms with E-state index in [-0.39, 0.29) is 0 Å². The van der Waals surface area contributed by atoms with E-state index in [9.17, 15) is 0 Å². The van der Waals surface area contributed by atoms with Crippen molar-refractivity contribution in [1.82, 2.24) is 4.57 Å². The maximum Gasteiger partial charge on any atom is 0.0547 e. The Balaban J connectivity index is 1.19. The van der Waals surface area contributed by atoms with Crippen molar-refractivity contribution in [3.8, 4) is 27.9 Å². The number of fused-ring (bicyclic) bond motifs is 10. The molecule has 1 unspecified atom stereocenters. The van der Waals surface area contributed by atoms with Crippen LogP contribution >= 0.6 is 0 Å². The molecule has 0 saturated carbocycles. The minimum absolute atomic E-state index is 0.322. The molecule has 1 aliphatic carbocycles. The number of hydrogen-bond donors (Lipinski definition) is 0. The summed E-state index contributed by atoms with van der Waals surface area (Å²) in [6.45, 7) is 0. The second kappa shape index (κ2) is 10.3. The highest BCUT2D eigenvalue weighted by atomic mass is 15.0. The lowest BCUT2D eigenvalue weighted by Gasteiger charge is -2.29. The molecule has 1 heteroatoms. The largest absolute Gasteiger partial charge is 0.309 e. The fraction of sp³-hybridized carbons (Fsp3) is 0.0435. The zero-order valence-electron chi connectivity index (χ0n) is 25.9. The molecule has 0 bridgehead atoms. The number of nitrogens with zero attached hydrogens (tertiary/aromatic N) is 1. The van der Waals surface area contributed by atoms with Crippen molar-refractivity contribution >= 4 is 43.4 Å². The first kappa shape index (κ1) is 26.3. The van der Waals surface area contributed by atoms with Crippen LogP contribution in [0.2, 0.25) is 0 Å². The van der Waals surface area contributed by atoms with Crippen LogP contribution in [-0.4, -0.2) is 4.57 Å². The first-order valence-corrected chi connectivity index (χ1v) is 16.5. The smallest absolute Gasteiger partial charge is 0.0547 e. The van der Waals surface area contributed by atoms with Gasteiger partial charge in [-0.05, 0) is 97.2 Å². The van der Waals surface area contributed by atoms with Crippen LogP contribution in [0, 0.1) is 0 Å². The molecule has 1 atom stereocenters. The summed E-state index contributed by atoms with van der Waals surface area (Å²) in [5.74, 6) is 0.322. The normalized spacial score (nSPS) is 14.1. The van der Waals surface area contributed by atoms with Crippen LogP contribution in [0.15, 0.2) is 170 Å². The van der Waals surface area contributed by atoms with Gasteiger partial charge in [0.15, 0.2) is 0 Å². The van der Waals surface area contributed by atoms with E-state index in [0.29, 0.717) is 5.92 Å². The van der Waals surface area contributed by atoms with E-state index in [0.717, 1.165) is 6.42 Å². The van der Waals surface area contributed by atoms with E-state index in [1.54, 1.807) is 0 Å². The Bertz CT molecular complexity index is 2570. The van der Waals surface area contributed by atoms with Gasteiger partial charge in [0.2, 0.25) is 0 Å². The second-order valence-electron chi connectivity index (χ2n) is 12.9. The molecule has 9 aromatic rings. The van der Waals surface area contributed by atoms with Crippen LogP contribution in [0.3, 0.4) is 0 Å².